The first-order valence-corrected chi connectivity index (χ1v) is 4.72. The van der Waals surface area contributed by atoms with Gasteiger partial charge in [0.25, 0.3) is 0 Å². The number of carbonyl (C=O) groups excluding carboxylic acids is 1. The number of aliphatic carboxylic acids is 1. The van der Waals surface area contributed by atoms with Crippen LogP contribution in [0.2, 0.25) is 0 Å². The van der Waals surface area contributed by atoms with Gasteiger partial charge in [0.2, 0.25) is 6.41 Å². The first kappa shape index (κ1) is 10.8. The molecule has 0 saturated heterocycles. The van der Waals surface area contributed by atoms with Crippen LogP contribution in [0.4, 0.5) is 0 Å². The van der Waals surface area contributed by atoms with Crippen molar-refractivity contribution in [2.75, 3.05) is 7.05 Å². The molecule has 1 aliphatic carbocycles. The van der Waals surface area contributed by atoms with Crippen LogP contribution < -0.4 is 0 Å². The van der Waals surface area contributed by atoms with Crippen molar-refractivity contribution in [3.63, 3.8) is 0 Å². The number of allylic oxidation sites excluding steroid dienone is 2. The van der Waals surface area contributed by atoms with Gasteiger partial charge in [0.1, 0.15) is 6.04 Å². The smallest absolute Gasteiger partial charge is 0.326 e. The third-order valence-electron chi connectivity index (χ3n) is 2.61. The van der Waals surface area contributed by atoms with Gasteiger partial charge in [-0.25, -0.2) is 4.79 Å². The van der Waals surface area contributed by atoms with Crippen LogP contribution in [0, 0.1) is 5.92 Å². The Kier molecular flexibility index (Phi) is 3.68. The number of hydrogen-bond donors (Lipinski definition) is 1. The van der Waals surface area contributed by atoms with Crippen molar-refractivity contribution in [1.82, 2.24) is 4.90 Å². The summed E-state index contributed by atoms with van der Waals surface area (Å²) in [6.07, 6.45) is 7.11. The summed E-state index contributed by atoms with van der Waals surface area (Å²) in [6.45, 7) is 0. The van der Waals surface area contributed by atoms with E-state index in [9.17, 15) is 9.59 Å². The summed E-state index contributed by atoms with van der Waals surface area (Å²) < 4.78 is 0. The highest BCUT2D eigenvalue weighted by Gasteiger charge is 2.30. The number of likely N-dealkylation sites (N-methyl/N-ethyl adjacent to an activating group) is 1. The molecule has 2 unspecified atom stereocenters. The van der Waals surface area contributed by atoms with Crippen LogP contribution in [0.25, 0.3) is 0 Å². The molecule has 0 aliphatic heterocycles. The van der Waals surface area contributed by atoms with E-state index in [1.807, 2.05) is 6.08 Å². The fourth-order valence-corrected chi connectivity index (χ4v) is 1.88. The first-order valence-electron chi connectivity index (χ1n) is 4.72. The summed E-state index contributed by atoms with van der Waals surface area (Å²) >= 11 is 0. The molecule has 1 amide bonds. The molecule has 0 saturated carbocycles. The Morgan fingerprint density at radius 3 is 2.79 bits per heavy atom. The van der Waals surface area contributed by atoms with Crippen molar-refractivity contribution >= 4 is 12.4 Å². The minimum Gasteiger partial charge on any atom is -0.480 e. The van der Waals surface area contributed by atoms with Crippen molar-refractivity contribution < 1.29 is 14.7 Å². The fraction of sp³-hybridized carbons (Fsp3) is 0.600. The molecule has 0 heterocycles. The van der Waals surface area contributed by atoms with Crippen LogP contribution in [-0.2, 0) is 9.59 Å². The number of nitrogens with zero attached hydrogens (tertiary/aromatic N) is 1. The van der Waals surface area contributed by atoms with Gasteiger partial charge in [-0.2, -0.15) is 0 Å². The van der Waals surface area contributed by atoms with Gasteiger partial charge >= 0.3 is 5.97 Å². The average Bonchev–Trinajstić information content (AvgIpc) is 2.19. The predicted molar refractivity (Wildman–Crippen MR) is 51.7 cm³/mol. The lowest BCUT2D eigenvalue weighted by atomic mass is 9.87. The standard InChI is InChI=1S/C10H15NO3/c1-11(7-12)9(10(13)14)8-5-3-2-4-6-8/h2-3,7-9H,4-6H2,1H3,(H,13,14). The summed E-state index contributed by atoms with van der Waals surface area (Å²) in [6, 6.07) is -0.683. The Bertz CT molecular complexity index is 250. The van der Waals surface area contributed by atoms with Crippen molar-refractivity contribution in [2.45, 2.75) is 25.3 Å². The van der Waals surface area contributed by atoms with E-state index in [4.69, 9.17) is 5.11 Å². The largest absolute Gasteiger partial charge is 0.480 e. The molecular formula is C10H15NO3. The van der Waals surface area contributed by atoms with Gasteiger partial charge in [-0.1, -0.05) is 12.2 Å². The van der Waals surface area contributed by atoms with Crippen molar-refractivity contribution in [1.29, 1.82) is 0 Å². The summed E-state index contributed by atoms with van der Waals surface area (Å²) in [5.74, 6) is -0.868. The van der Waals surface area contributed by atoms with Gasteiger partial charge in [-0.15, -0.1) is 0 Å². The zero-order valence-electron chi connectivity index (χ0n) is 8.22. The highest BCUT2D eigenvalue weighted by Crippen LogP contribution is 2.24. The monoisotopic (exact) mass is 197 g/mol. The van der Waals surface area contributed by atoms with Crippen LogP contribution in [0.1, 0.15) is 19.3 Å². The Hall–Kier alpha value is -1.32. The molecule has 0 radical (unpaired) electrons. The molecule has 14 heavy (non-hydrogen) atoms. The van der Waals surface area contributed by atoms with Crippen LogP contribution >= 0.6 is 0 Å². The highest BCUT2D eigenvalue weighted by atomic mass is 16.4. The highest BCUT2D eigenvalue weighted by molar-refractivity contribution is 5.76. The van der Waals surface area contributed by atoms with Crippen LogP contribution in [0.3, 0.4) is 0 Å². The normalized spacial score (nSPS) is 22.8. The Labute approximate surface area is 83.2 Å². The minimum atomic E-state index is -0.917. The molecule has 0 spiro atoms. The second kappa shape index (κ2) is 4.79. The molecule has 1 N–H and O–H groups in total. The Balaban J connectivity index is 2.71. The van der Waals surface area contributed by atoms with Gasteiger partial charge in [0.05, 0.1) is 0 Å². The van der Waals surface area contributed by atoms with Crippen LogP contribution in [-0.4, -0.2) is 35.5 Å². The lowest BCUT2D eigenvalue weighted by Gasteiger charge is -2.29. The van der Waals surface area contributed by atoms with Crippen LogP contribution in [0.5, 0.6) is 0 Å². The van der Waals surface area contributed by atoms with E-state index >= 15 is 0 Å². The zero-order valence-corrected chi connectivity index (χ0v) is 8.22. The third kappa shape index (κ3) is 2.34. The van der Waals surface area contributed by atoms with E-state index in [0.29, 0.717) is 6.41 Å². The van der Waals surface area contributed by atoms with E-state index in [1.54, 1.807) is 0 Å². The maximum absolute atomic E-state index is 11.0. The van der Waals surface area contributed by atoms with Gasteiger partial charge in [-0.3, -0.25) is 4.79 Å². The van der Waals surface area contributed by atoms with Gasteiger partial charge in [0.15, 0.2) is 0 Å². The summed E-state index contributed by atoms with van der Waals surface area (Å²) in [5, 5.41) is 9.00. The average molecular weight is 197 g/mol. The Morgan fingerprint density at radius 1 is 1.64 bits per heavy atom. The number of carboxylic acid groups (broad SMARTS) is 1. The predicted octanol–water partition coefficient (Wildman–Crippen LogP) is 0.884. The van der Waals surface area contributed by atoms with E-state index in [2.05, 4.69) is 6.08 Å². The second-order valence-electron chi connectivity index (χ2n) is 3.60. The maximum atomic E-state index is 11.0. The van der Waals surface area contributed by atoms with Crippen molar-refractivity contribution in [3.8, 4) is 0 Å². The number of hydrogen-bond acceptors (Lipinski definition) is 2. The summed E-state index contributed by atoms with van der Waals surface area (Å²) in [5.41, 5.74) is 0. The molecular weight excluding hydrogens is 182 g/mol. The second-order valence-corrected chi connectivity index (χ2v) is 3.60. The van der Waals surface area contributed by atoms with E-state index in [0.717, 1.165) is 19.3 Å². The quantitative estimate of drug-likeness (QED) is 0.537. The zero-order chi connectivity index (χ0) is 10.6. The molecule has 1 aliphatic rings. The van der Waals surface area contributed by atoms with Crippen molar-refractivity contribution in [3.05, 3.63) is 12.2 Å². The van der Waals surface area contributed by atoms with Crippen molar-refractivity contribution in [2.24, 2.45) is 5.92 Å². The lowest BCUT2D eigenvalue weighted by molar-refractivity contribution is -0.148. The fourth-order valence-electron chi connectivity index (χ4n) is 1.88. The molecule has 78 valence electrons. The minimum absolute atomic E-state index is 0.0488. The van der Waals surface area contributed by atoms with E-state index in [1.165, 1.54) is 11.9 Å². The molecule has 4 heteroatoms. The van der Waals surface area contributed by atoms with Crippen LogP contribution in [0.15, 0.2) is 12.2 Å². The van der Waals surface area contributed by atoms with Gasteiger partial charge in [-0.05, 0) is 25.2 Å². The van der Waals surface area contributed by atoms with Gasteiger partial charge in [0, 0.05) is 7.05 Å². The molecule has 1 rings (SSSR count). The lowest BCUT2D eigenvalue weighted by Crippen LogP contribution is -2.43. The van der Waals surface area contributed by atoms with E-state index < -0.39 is 12.0 Å². The summed E-state index contributed by atoms with van der Waals surface area (Å²) in [7, 11) is 1.52. The Morgan fingerprint density at radius 2 is 2.36 bits per heavy atom. The SMILES string of the molecule is CN(C=O)C(C(=O)O)C1CC=CCC1. The third-order valence-corrected chi connectivity index (χ3v) is 2.61. The molecule has 0 bridgehead atoms. The number of rotatable bonds is 4. The first-order chi connectivity index (χ1) is 6.66. The summed E-state index contributed by atoms with van der Waals surface area (Å²) in [4.78, 5) is 22.8. The molecule has 0 aromatic heterocycles. The number of carbonyl (C=O) groups is 2. The number of amides is 1. The molecule has 0 fully saturated rings. The molecule has 0 aromatic rings. The van der Waals surface area contributed by atoms with E-state index in [-0.39, 0.29) is 5.92 Å². The maximum Gasteiger partial charge on any atom is 0.326 e. The number of carboxylic acids is 1. The molecule has 0 aromatic carbocycles. The molecule has 4 nitrogen and oxygen atoms in total. The van der Waals surface area contributed by atoms with Gasteiger partial charge < -0.3 is 10.0 Å². The topological polar surface area (TPSA) is 57.6 Å². The molecule has 2 atom stereocenters.